The molecule has 3 saturated heterocycles. The van der Waals surface area contributed by atoms with Crippen molar-refractivity contribution in [2.45, 2.75) is 56.7 Å². The van der Waals surface area contributed by atoms with Gasteiger partial charge < -0.3 is 14.4 Å². The van der Waals surface area contributed by atoms with E-state index >= 15 is 0 Å². The smallest absolute Gasteiger partial charge is 0.123 e. The Morgan fingerprint density at radius 1 is 1.08 bits per heavy atom. The minimum Gasteiger partial charge on any atom is -0.487 e. The van der Waals surface area contributed by atoms with Gasteiger partial charge in [-0.2, -0.15) is 0 Å². The Hall–Kier alpha value is -1.10. The van der Waals surface area contributed by atoms with Gasteiger partial charge in [0.25, 0.3) is 0 Å². The van der Waals surface area contributed by atoms with Gasteiger partial charge in [0.15, 0.2) is 0 Å². The zero-order valence-corrected chi connectivity index (χ0v) is 15.2. The minimum atomic E-state index is 0.0818. The van der Waals surface area contributed by atoms with E-state index in [4.69, 9.17) is 9.47 Å². The molecule has 0 amide bonds. The van der Waals surface area contributed by atoms with Gasteiger partial charge in [0, 0.05) is 51.5 Å². The summed E-state index contributed by atoms with van der Waals surface area (Å²) >= 11 is 0. The van der Waals surface area contributed by atoms with E-state index in [1.807, 2.05) is 0 Å². The quantitative estimate of drug-likeness (QED) is 0.825. The van der Waals surface area contributed by atoms with Crippen LogP contribution in [0.5, 0.6) is 5.75 Å². The molecule has 1 spiro atoms. The topological polar surface area (TPSA) is 24.9 Å². The average molecular weight is 342 g/mol. The molecule has 4 aliphatic heterocycles. The molecule has 0 aliphatic carbocycles. The van der Waals surface area contributed by atoms with Crippen molar-refractivity contribution < 1.29 is 9.47 Å². The molecule has 25 heavy (non-hydrogen) atoms. The lowest BCUT2D eigenvalue weighted by Gasteiger charge is -2.46. The van der Waals surface area contributed by atoms with E-state index in [2.05, 4.69) is 28.0 Å². The van der Waals surface area contributed by atoms with Crippen LogP contribution in [0.3, 0.4) is 0 Å². The normalized spacial score (nSPS) is 33.0. The number of piperidine rings is 2. The van der Waals surface area contributed by atoms with E-state index in [0.29, 0.717) is 0 Å². The highest BCUT2D eigenvalue weighted by Crippen LogP contribution is 2.44. The summed E-state index contributed by atoms with van der Waals surface area (Å²) in [4.78, 5) is 5.21. The van der Waals surface area contributed by atoms with Crippen molar-refractivity contribution in [2.75, 3.05) is 39.4 Å². The van der Waals surface area contributed by atoms with Crippen molar-refractivity contribution >= 4 is 0 Å². The molecule has 0 N–H and O–H groups in total. The molecule has 4 nitrogen and oxygen atoms in total. The molecule has 0 bridgehead atoms. The predicted octanol–water partition coefficient (Wildman–Crippen LogP) is 2.84. The Labute approximate surface area is 151 Å². The monoisotopic (exact) mass is 342 g/mol. The van der Waals surface area contributed by atoms with Crippen LogP contribution in [0.15, 0.2) is 18.2 Å². The van der Waals surface area contributed by atoms with Crippen LogP contribution in [0.2, 0.25) is 0 Å². The largest absolute Gasteiger partial charge is 0.487 e. The first-order valence-electron chi connectivity index (χ1n) is 10.1. The fourth-order valence-electron chi connectivity index (χ4n) is 5.32. The van der Waals surface area contributed by atoms with E-state index in [0.717, 1.165) is 51.1 Å². The predicted molar refractivity (Wildman–Crippen MR) is 98.0 cm³/mol. The second-order valence-corrected chi connectivity index (χ2v) is 8.43. The summed E-state index contributed by atoms with van der Waals surface area (Å²) in [6.07, 6.45) is 7.67. The molecule has 0 radical (unpaired) electrons. The summed E-state index contributed by atoms with van der Waals surface area (Å²) in [5.41, 5.74) is 2.95. The van der Waals surface area contributed by atoms with E-state index in [9.17, 15) is 0 Å². The van der Waals surface area contributed by atoms with Crippen LogP contribution in [0.1, 0.15) is 43.2 Å². The zero-order chi connectivity index (χ0) is 16.7. The van der Waals surface area contributed by atoms with Crippen molar-refractivity contribution in [1.29, 1.82) is 0 Å². The Bertz CT molecular complexity index is 628. The van der Waals surface area contributed by atoms with Gasteiger partial charge in [-0.15, -0.1) is 0 Å². The van der Waals surface area contributed by atoms with Crippen LogP contribution in [0.4, 0.5) is 0 Å². The molecule has 1 aromatic carbocycles. The molecule has 136 valence electrons. The summed E-state index contributed by atoms with van der Waals surface area (Å²) in [7, 11) is 0. The first kappa shape index (κ1) is 16.1. The molecule has 4 aliphatic rings. The highest BCUT2D eigenvalue weighted by Gasteiger charge is 2.46. The van der Waals surface area contributed by atoms with Gasteiger partial charge in [-0.1, -0.05) is 18.6 Å². The number of benzene rings is 1. The van der Waals surface area contributed by atoms with Crippen molar-refractivity contribution in [1.82, 2.24) is 9.80 Å². The standard InChI is InChI=1S/C21H30N2O2/c1-2-7-23-8-6-21(15-19(23)3-1)14-18-13-17(4-5-20(18)25-21)16-22-9-11-24-12-10-22/h4-5,13,19H,1-3,6-12,14-16H2/t19-,21-/m1/s1. The van der Waals surface area contributed by atoms with Crippen LogP contribution in [-0.2, 0) is 17.7 Å². The third-order valence-corrected chi connectivity index (χ3v) is 6.69. The SMILES string of the molecule is c1cc2c(cc1CN1CCOCC1)C[C@@]1(CCN3CCCC[C@@H]3C1)O2. The van der Waals surface area contributed by atoms with Gasteiger partial charge in [0.1, 0.15) is 11.4 Å². The van der Waals surface area contributed by atoms with Crippen LogP contribution in [-0.4, -0.2) is 60.8 Å². The lowest BCUT2D eigenvalue weighted by atomic mass is 9.80. The van der Waals surface area contributed by atoms with E-state index in [1.165, 1.54) is 56.3 Å². The molecule has 2 atom stereocenters. The summed E-state index contributed by atoms with van der Waals surface area (Å²) in [6, 6.07) is 7.66. The lowest BCUT2D eigenvalue weighted by Crippen LogP contribution is -2.54. The molecule has 5 rings (SSSR count). The van der Waals surface area contributed by atoms with Crippen molar-refractivity contribution in [3.05, 3.63) is 29.3 Å². The minimum absolute atomic E-state index is 0.0818. The lowest BCUT2D eigenvalue weighted by molar-refractivity contribution is -0.0249. The Morgan fingerprint density at radius 3 is 2.92 bits per heavy atom. The van der Waals surface area contributed by atoms with E-state index < -0.39 is 0 Å². The molecule has 4 heteroatoms. The molecule has 4 heterocycles. The zero-order valence-electron chi connectivity index (χ0n) is 15.2. The summed E-state index contributed by atoms with van der Waals surface area (Å²) in [6.45, 7) is 7.41. The van der Waals surface area contributed by atoms with Crippen molar-refractivity contribution in [3.8, 4) is 5.75 Å². The van der Waals surface area contributed by atoms with Crippen molar-refractivity contribution in [3.63, 3.8) is 0 Å². The third kappa shape index (κ3) is 3.20. The summed E-state index contributed by atoms with van der Waals surface area (Å²) in [5.74, 6) is 1.15. The maximum Gasteiger partial charge on any atom is 0.123 e. The van der Waals surface area contributed by atoms with Crippen molar-refractivity contribution in [2.24, 2.45) is 0 Å². The molecule has 0 unspecified atom stereocenters. The molecular weight excluding hydrogens is 312 g/mol. The first-order valence-corrected chi connectivity index (χ1v) is 10.1. The Balaban J connectivity index is 1.28. The first-order chi connectivity index (χ1) is 12.3. The number of fused-ring (bicyclic) bond motifs is 2. The highest BCUT2D eigenvalue weighted by molar-refractivity contribution is 5.42. The number of nitrogens with zero attached hydrogens (tertiary/aromatic N) is 2. The average Bonchev–Trinajstić information content (AvgIpc) is 2.99. The van der Waals surface area contributed by atoms with Gasteiger partial charge in [0.05, 0.1) is 13.2 Å². The van der Waals surface area contributed by atoms with Gasteiger partial charge in [0.2, 0.25) is 0 Å². The third-order valence-electron chi connectivity index (χ3n) is 6.69. The van der Waals surface area contributed by atoms with Gasteiger partial charge in [-0.05, 0) is 36.6 Å². The fraction of sp³-hybridized carbons (Fsp3) is 0.714. The number of morpholine rings is 1. The number of ether oxygens (including phenoxy) is 2. The Morgan fingerprint density at radius 2 is 2.00 bits per heavy atom. The molecule has 3 fully saturated rings. The second-order valence-electron chi connectivity index (χ2n) is 8.43. The number of hydrogen-bond acceptors (Lipinski definition) is 4. The van der Waals surface area contributed by atoms with E-state index in [-0.39, 0.29) is 5.60 Å². The molecule has 0 aromatic heterocycles. The molecule has 0 saturated carbocycles. The van der Waals surface area contributed by atoms with Crippen LogP contribution in [0.25, 0.3) is 0 Å². The van der Waals surface area contributed by atoms with Gasteiger partial charge in [-0.25, -0.2) is 0 Å². The summed E-state index contributed by atoms with van der Waals surface area (Å²) < 4.78 is 12.0. The van der Waals surface area contributed by atoms with Crippen LogP contribution >= 0.6 is 0 Å². The molecular formula is C21H30N2O2. The van der Waals surface area contributed by atoms with Crippen LogP contribution in [0, 0.1) is 0 Å². The van der Waals surface area contributed by atoms with E-state index in [1.54, 1.807) is 0 Å². The second kappa shape index (κ2) is 6.57. The van der Waals surface area contributed by atoms with Crippen LogP contribution < -0.4 is 4.74 Å². The number of rotatable bonds is 2. The maximum atomic E-state index is 6.57. The molecule has 1 aromatic rings. The fourth-order valence-corrected chi connectivity index (χ4v) is 5.32. The summed E-state index contributed by atoms with van der Waals surface area (Å²) in [5, 5.41) is 0. The maximum absolute atomic E-state index is 6.57. The highest BCUT2D eigenvalue weighted by atomic mass is 16.5. The van der Waals surface area contributed by atoms with Gasteiger partial charge in [-0.3, -0.25) is 4.90 Å². The number of hydrogen-bond donors (Lipinski definition) is 0. The van der Waals surface area contributed by atoms with Gasteiger partial charge >= 0.3 is 0 Å². The Kier molecular flexibility index (Phi) is 4.23.